The van der Waals surface area contributed by atoms with Gasteiger partial charge in [-0.3, -0.25) is 20.1 Å². The van der Waals surface area contributed by atoms with Crippen molar-refractivity contribution in [3.8, 4) is 0 Å². The van der Waals surface area contributed by atoms with Crippen molar-refractivity contribution in [1.29, 1.82) is 0 Å². The van der Waals surface area contributed by atoms with E-state index in [0.29, 0.717) is 0 Å². The second-order valence-electron chi connectivity index (χ2n) is 4.04. The average Bonchev–Trinajstić information content (AvgIpc) is 2.47. The van der Waals surface area contributed by atoms with Gasteiger partial charge in [0.1, 0.15) is 16.9 Å². The van der Waals surface area contributed by atoms with Crippen molar-refractivity contribution in [2.24, 2.45) is 5.10 Å². The normalized spacial score (nSPS) is 11.5. The molecule has 114 valence electrons. The highest BCUT2D eigenvalue weighted by atomic mass is 32.2. The SMILES string of the molecule is O=[N+]([O-])c1ccc(N/N=C\c2ccccc2S(=O)(=O)O)nc1. The molecule has 2 aromatic rings. The third-order valence-electron chi connectivity index (χ3n) is 2.54. The molecule has 1 heterocycles. The number of anilines is 1. The van der Waals surface area contributed by atoms with Gasteiger partial charge in [0.15, 0.2) is 0 Å². The van der Waals surface area contributed by atoms with E-state index in [-0.39, 0.29) is 22.0 Å². The number of aromatic nitrogens is 1. The highest BCUT2D eigenvalue weighted by Gasteiger charge is 2.13. The van der Waals surface area contributed by atoms with Crippen LogP contribution in [-0.4, -0.2) is 29.1 Å². The van der Waals surface area contributed by atoms with Crippen molar-refractivity contribution in [2.75, 3.05) is 5.43 Å². The number of hydrogen-bond acceptors (Lipinski definition) is 7. The molecule has 0 saturated carbocycles. The Hall–Kier alpha value is -2.85. The third kappa shape index (κ3) is 3.84. The van der Waals surface area contributed by atoms with Gasteiger partial charge in [-0.05, 0) is 12.1 Å². The van der Waals surface area contributed by atoms with E-state index in [1.165, 1.54) is 36.5 Å². The fraction of sp³-hybridized carbons (Fsp3) is 0. The number of nitro groups is 1. The van der Waals surface area contributed by atoms with Crippen LogP contribution in [0.1, 0.15) is 5.56 Å². The predicted molar refractivity (Wildman–Crippen MR) is 78.4 cm³/mol. The fourth-order valence-electron chi connectivity index (χ4n) is 1.55. The maximum atomic E-state index is 11.2. The summed E-state index contributed by atoms with van der Waals surface area (Å²) in [5.41, 5.74) is 2.52. The van der Waals surface area contributed by atoms with Crippen molar-refractivity contribution < 1.29 is 17.9 Å². The zero-order valence-electron chi connectivity index (χ0n) is 10.9. The second kappa shape index (κ2) is 6.28. The first kappa shape index (κ1) is 15.5. The third-order valence-corrected chi connectivity index (χ3v) is 3.47. The molecule has 0 atom stereocenters. The van der Waals surface area contributed by atoms with Crippen molar-refractivity contribution in [2.45, 2.75) is 4.90 Å². The van der Waals surface area contributed by atoms with Gasteiger partial charge in [-0.15, -0.1) is 0 Å². The summed E-state index contributed by atoms with van der Waals surface area (Å²) in [5, 5.41) is 14.3. The van der Waals surface area contributed by atoms with Crippen LogP contribution in [-0.2, 0) is 10.1 Å². The molecule has 9 nitrogen and oxygen atoms in total. The van der Waals surface area contributed by atoms with Gasteiger partial charge < -0.3 is 0 Å². The van der Waals surface area contributed by atoms with Crippen LogP contribution in [0.25, 0.3) is 0 Å². The molecular weight excluding hydrogens is 312 g/mol. The van der Waals surface area contributed by atoms with E-state index in [0.717, 1.165) is 6.20 Å². The van der Waals surface area contributed by atoms with E-state index in [2.05, 4.69) is 15.5 Å². The largest absolute Gasteiger partial charge is 0.295 e. The molecule has 0 unspecified atom stereocenters. The van der Waals surface area contributed by atoms with Crippen molar-refractivity contribution in [3.05, 3.63) is 58.3 Å². The molecule has 0 fully saturated rings. The van der Waals surface area contributed by atoms with E-state index in [9.17, 15) is 18.5 Å². The van der Waals surface area contributed by atoms with E-state index >= 15 is 0 Å². The van der Waals surface area contributed by atoms with Gasteiger partial charge in [-0.25, -0.2) is 4.98 Å². The summed E-state index contributed by atoms with van der Waals surface area (Å²) in [5.74, 6) is 0.242. The van der Waals surface area contributed by atoms with E-state index in [1.807, 2.05) is 0 Å². The first-order valence-electron chi connectivity index (χ1n) is 5.84. The Labute approximate surface area is 125 Å². The second-order valence-corrected chi connectivity index (χ2v) is 5.43. The zero-order valence-corrected chi connectivity index (χ0v) is 11.8. The zero-order chi connectivity index (χ0) is 16.2. The standard InChI is InChI=1S/C12H10N4O5S/c17-16(18)10-5-6-12(13-8-10)15-14-7-9-3-1-2-4-11(9)22(19,20)21/h1-8H,(H,13,15)(H,19,20,21)/b14-7-. The van der Waals surface area contributed by atoms with Crippen LogP contribution < -0.4 is 5.43 Å². The molecule has 0 radical (unpaired) electrons. The van der Waals surface area contributed by atoms with Gasteiger partial charge in [0, 0.05) is 11.6 Å². The van der Waals surface area contributed by atoms with Crippen LogP contribution in [0.15, 0.2) is 52.6 Å². The van der Waals surface area contributed by atoms with Gasteiger partial charge in [0.2, 0.25) is 0 Å². The van der Waals surface area contributed by atoms with Gasteiger partial charge in [-0.1, -0.05) is 18.2 Å². The lowest BCUT2D eigenvalue weighted by atomic mass is 10.2. The monoisotopic (exact) mass is 322 g/mol. The summed E-state index contributed by atoms with van der Waals surface area (Å²) in [4.78, 5) is 13.4. The highest BCUT2D eigenvalue weighted by Crippen LogP contribution is 2.14. The van der Waals surface area contributed by atoms with Crippen LogP contribution in [0.3, 0.4) is 0 Å². The van der Waals surface area contributed by atoms with Crippen molar-refractivity contribution in [3.63, 3.8) is 0 Å². The lowest BCUT2D eigenvalue weighted by Gasteiger charge is -2.02. The number of nitrogens with zero attached hydrogens (tertiary/aromatic N) is 3. The first-order chi connectivity index (χ1) is 10.4. The van der Waals surface area contributed by atoms with Crippen LogP contribution >= 0.6 is 0 Å². The molecule has 2 rings (SSSR count). The molecule has 22 heavy (non-hydrogen) atoms. The molecule has 0 saturated heterocycles. The quantitative estimate of drug-likeness (QED) is 0.370. The van der Waals surface area contributed by atoms with Crippen LogP contribution in [0.5, 0.6) is 0 Å². The Morgan fingerprint density at radius 3 is 2.59 bits per heavy atom. The first-order valence-corrected chi connectivity index (χ1v) is 7.28. The molecule has 2 N–H and O–H groups in total. The Morgan fingerprint density at radius 2 is 2.00 bits per heavy atom. The number of benzene rings is 1. The predicted octanol–water partition coefficient (Wildman–Crippen LogP) is 1.68. The topological polar surface area (TPSA) is 135 Å². The van der Waals surface area contributed by atoms with Gasteiger partial charge in [-0.2, -0.15) is 13.5 Å². The van der Waals surface area contributed by atoms with Crippen molar-refractivity contribution >= 4 is 27.8 Å². The summed E-state index contributed by atoms with van der Waals surface area (Å²) in [6.45, 7) is 0. The van der Waals surface area contributed by atoms with E-state index in [1.54, 1.807) is 6.07 Å². The lowest BCUT2D eigenvalue weighted by Crippen LogP contribution is -2.03. The number of hydrazone groups is 1. The fourth-order valence-corrected chi connectivity index (χ4v) is 2.22. The summed E-state index contributed by atoms with van der Waals surface area (Å²) < 4.78 is 31.5. The minimum atomic E-state index is -4.35. The summed E-state index contributed by atoms with van der Waals surface area (Å²) in [6.07, 6.45) is 2.25. The summed E-state index contributed by atoms with van der Waals surface area (Å²) in [7, 11) is -4.35. The molecule has 0 aliphatic rings. The smallest absolute Gasteiger partial charge is 0.282 e. The molecular formula is C12H10N4O5S. The minimum Gasteiger partial charge on any atom is -0.282 e. The average molecular weight is 322 g/mol. The Balaban J connectivity index is 2.15. The van der Waals surface area contributed by atoms with Crippen molar-refractivity contribution in [1.82, 2.24) is 4.98 Å². The Morgan fingerprint density at radius 1 is 1.27 bits per heavy atom. The number of pyridine rings is 1. The molecule has 0 aliphatic heterocycles. The maximum absolute atomic E-state index is 11.2. The maximum Gasteiger partial charge on any atom is 0.295 e. The molecule has 0 spiro atoms. The molecule has 1 aromatic carbocycles. The van der Waals surface area contributed by atoms with E-state index in [4.69, 9.17) is 4.55 Å². The summed E-state index contributed by atoms with van der Waals surface area (Å²) >= 11 is 0. The Bertz CT molecular complexity index is 818. The summed E-state index contributed by atoms with van der Waals surface area (Å²) in [6, 6.07) is 8.34. The van der Waals surface area contributed by atoms with Crippen LogP contribution in [0.4, 0.5) is 11.5 Å². The molecule has 0 bridgehead atoms. The van der Waals surface area contributed by atoms with Crippen LogP contribution in [0, 0.1) is 10.1 Å². The van der Waals surface area contributed by atoms with Gasteiger partial charge in [0.25, 0.3) is 15.8 Å². The number of nitrogens with one attached hydrogen (secondary N) is 1. The molecule has 1 aromatic heterocycles. The molecule has 0 aliphatic carbocycles. The van der Waals surface area contributed by atoms with Crippen LogP contribution in [0.2, 0.25) is 0 Å². The van der Waals surface area contributed by atoms with Gasteiger partial charge in [0.05, 0.1) is 11.1 Å². The highest BCUT2D eigenvalue weighted by molar-refractivity contribution is 7.86. The molecule has 0 amide bonds. The lowest BCUT2D eigenvalue weighted by molar-refractivity contribution is -0.385. The van der Waals surface area contributed by atoms with E-state index < -0.39 is 15.0 Å². The molecule has 10 heteroatoms. The minimum absolute atomic E-state index is 0.161. The number of hydrogen-bond donors (Lipinski definition) is 2. The number of rotatable bonds is 5. The van der Waals surface area contributed by atoms with Gasteiger partial charge >= 0.3 is 0 Å². The Kier molecular flexibility index (Phi) is 4.44.